The Morgan fingerprint density at radius 2 is 2.08 bits per heavy atom. The maximum atomic E-state index is 10.4. The number of carbonyl (C=O) groups is 2. The maximum absolute atomic E-state index is 10.4. The van der Waals surface area contributed by atoms with Crippen LogP contribution < -0.4 is 5.73 Å². The van der Waals surface area contributed by atoms with Gasteiger partial charge in [0.2, 0.25) is 0 Å². The lowest BCUT2D eigenvalue weighted by molar-refractivity contribution is -0.139. The molecule has 70 valence electrons. The zero-order valence-corrected chi connectivity index (χ0v) is 6.78. The van der Waals surface area contributed by atoms with Gasteiger partial charge in [-0.15, -0.1) is 0 Å². The van der Waals surface area contributed by atoms with Gasteiger partial charge < -0.3 is 20.3 Å². The molecule has 0 aromatic rings. The second kappa shape index (κ2) is 5.62. The van der Waals surface area contributed by atoms with E-state index in [9.17, 15) is 9.59 Å². The highest BCUT2D eigenvalue weighted by molar-refractivity contribution is 6.17. The van der Waals surface area contributed by atoms with Crippen LogP contribution in [0, 0.1) is 0 Å². The summed E-state index contributed by atoms with van der Waals surface area (Å²) in [6.45, 7) is -0.439. The molecule has 0 aliphatic carbocycles. The van der Waals surface area contributed by atoms with Crippen molar-refractivity contribution in [2.45, 2.75) is 6.04 Å². The molecule has 0 spiro atoms. The number of nitrogens with two attached hydrogens (primary N) is 1. The fraction of sp³-hybridized carbons (Fsp3) is 0.600. The molecule has 0 radical (unpaired) electrons. The summed E-state index contributed by atoms with van der Waals surface area (Å²) in [5.74, 6) is -1.26. The second-order valence-corrected chi connectivity index (χ2v) is 1.98. The monoisotopic (exact) mass is 197 g/mol. The standard InChI is InChI=1S/C5H8ClNO5/c6-2-12-5(10)11-1-3(7)4(8)9/h3H,1-2,7H2,(H,8,9). The molecule has 1 atom stereocenters. The Hall–Kier alpha value is -1.01. The Kier molecular flexibility index (Phi) is 5.14. The molecule has 12 heavy (non-hydrogen) atoms. The van der Waals surface area contributed by atoms with Gasteiger partial charge in [0.1, 0.15) is 12.6 Å². The molecule has 6 nitrogen and oxygen atoms in total. The number of alkyl halides is 1. The third kappa shape index (κ3) is 4.75. The summed E-state index contributed by atoms with van der Waals surface area (Å²) < 4.78 is 8.38. The Labute approximate surface area is 73.2 Å². The van der Waals surface area contributed by atoms with Crippen molar-refractivity contribution < 1.29 is 24.2 Å². The van der Waals surface area contributed by atoms with Crippen molar-refractivity contribution in [3.63, 3.8) is 0 Å². The molecule has 3 N–H and O–H groups in total. The average Bonchev–Trinajstić information content (AvgIpc) is 2.00. The summed E-state index contributed by atoms with van der Waals surface area (Å²) >= 11 is 5.00. The van der Waals surface area contributed by atoms with E-state index in [1.165, 1.54) is 0 Å². The van der Waals surface area contributed by atoms with Crippen LogP contribution in [0.5, 0.6) is 0 Å². The van der Waals surface area contributed by atoms with Gasteiger partial charge in [0.05, 0.1) is 0 Å². The van der Waals surface area contributed by atoms with Gasteiger partial charge in [-0.25, -0.2) is 4.79 Å². The maximum Gasteiger partial charge on any atom is 0.509 e. The molecule has 0 heterocycles. The van der Waals surface area contributed by atoms with E-state index in [-0.39, 0.29) is 6.07 Å². The lowest BCUT2D eigenvalue weighted by atomic mass is 10.3. The van der Waals surface area contributed by atoms with Crippen LogP contribution in [0.2, 0.25) is 0 Å². The smallest absolute Gasteiger partial charge is 0.480 e. The van der Waals surface area contributed by atoms with Crippen LogP contribution >= 0.6 is 11.6 Å². The molecule has 0 fully saturated rings. The zero-order chi connectivity index (χ0) is 9.56. The van der Waals surface area contributed by atoms with Crippen molar-refractivity contribution in [2.75, 3.05) is 12.7 Å². The van der Waals surface area contributed by atoms with Crippen LogP contribution in [0.4, 0.5) is 4.79 Å². The van der Waals surface area contributed by atoms with Crippen LogP contribution in [0.25, 0.3) is 0 Å². The fourth-order valence-electron chi connectivity index (χ4n) is 0.315. The van der Waals surface area contributed by atoms with Crippen LogP contribution in [0.3, 0.4) is 0 Å². The van der Waals surface area contributed by atoms with Crippen molar-refractivity contribution in [1.29, 1.82) is 0 Å². The van der Waals surface area contributed by atoms with E-state index in [4.69, 9.17) is 22.4 Å². The first-order chi connectivity index (χ1) is 5.57. The van der Waals surface area contributed by atoms with Crippen molar-refractivity contribution in [3.8, 4) is 0 Å². The van der Waals surface area contributed by atoms with Gasteiger partial charge in [0.15, 0.2) is 6.07 Å². The van der Waals surface area contributed by atoms with Crippen LogP contribution in [-0.4, -0.2) is 35.9 Å². The highest BCUT2D eigenvalue weighted by atomic mass is 35.5. The molecule has 0 aliphatic heterocycles. The van der Waals surface area contributed by atoms with E-state index in [2.05, 4.69) is 9.47 Å². The number of carboxylic acids is 1. The number of hydrogen-bond donors (Lipinski definition) is 2. The van der Waals surface area contributed by atoms with Crippen molar-refractivity contribution in [2.24, 2.45) is 5.73 Å². The van der Waals surface area contributed by atoms with Gasteiger partial charge in [0.25, 0.3) is 0 Å². The lowest BCUT2D eigenvalue weighted by Gasteiger charge is -2.06. The predicted octanol–water partition coefficient (Wildman–Crippen LogP) is -0.252. The summed E-state index contributed by atoms with van der Waals surface area (Å²) in [5, 5.41) is 8.24. The average molecular weight is 198 g/mol. The Morgan fingerprint density at radius 1 is 1.50 bits per heavy atom. The third-order valence-electron chi connectivity index (χ3n) is 0.870. The number of rotatable bonds is 4. The van der Waals surface area contributed by atoms with E-state index in [1.807, 2.05) is 0 Å². The highest BCUT2D eigenvalue weighted by Gasteiger charge is 2.14. The van der Waals surface area contributed by atoms with E-state index in [0.717, 1.165) is 0 Å². The first kappa shape index (κ1) is 11.0. The van der Waals surface area contributed by atoms with Crippen molar-refractivity contribution >= 4 is 23.7 Å². The third-order valence-corrected chi connectivity index (χ3v) is 0.979. The van der Waals surface area contributed by atoms with Gasteiger partial charge in [-0.05, 0) is 0 Å². The number of aliphatic carboxylic acids is 1. The predicted molar refractivity (Wildman–Crippen MR) is 38.8 cm³/mol. The zero-order valence-electron chi connectivity index (χ0n) is 6.03. The summed E-state index contributed by atoms with van der Waals surface area (Å²) in [7, 11) is 0. The largest absolute Gasteiger partial charge is 0.509 e. The minimum Gasteiger partial charge on any atom is -0.480 e. The summed E-state index contributed by atoms with van der Waals surface area (Å²) in [6.07, 6.45) is -1.04. The molecule has 7 heteroatoms. The van der Waals surface area contributed by atoms with Crippen molar-refractivity contribution in [3.05, 3.63) is 0 Å². The van der Waals surface area contributed by atoms with E-state index < -0.39 is 24.8 Å². The molecule has 0 aliphatic rings. The fourth-order valence-corrected chi connectivity index (χ4v) is 0.404. The Balaban J connectivity index is 3.54. The molecule has 0 aromatic heterocycles. The molecular weight excluding hydrogens is 190 g/mol. The van der Waals surface area contributed by atoms with Gasteiger partial charge in [-0.3, -0.25) is 4.79 Å². The lowest BCUT2D eigenvalue weighted by Crippen LogP contribution is -2.35. The Morgan fingerprint density at radius 3 is 2.50 bits per heavy atom. The van der Waals surface area contributed by atoms with Crippen LogP contribution in [0.15, 0.2) is 0 Å². The Bertz CT molecular complexity index is 173. The highest BCUT2D eigenvalue weighted by Crippen LogP contribution is 1.89. The van der Waals surface area contributed by atoms with Crippen molar-refractivity contribution in [1.82, 2.24) is 0 Å². The van der Waals surface area contributed by atoms with Crippen LogP contribution in [-0.2, 0) is 14.3 Å². The number of hydrogen-bond acceptors (Lipinski definition) is 5. The molecule has 0 saturated carbocycles. The molecule has 0 rings (SSSR count). The van der Waals surface area contributed by atoms with Gasteiger partial charge in [-0.2, -0.15) is 0 Å². The first-order valence-corrected chi connectivity index (χ1v) is 3.45. The SMILES string of the molecule is NC(COC(=O)OCCl)C(=O)O. The molecule has 0 bridgehead atoms. The molecule has 0 saturated heterocycles. The minimum absolute atomic E-state index is 0.346. The van der Waals surface area contributed by atoms with E-state index in [1.54, 1.807) is 0 Å². The van der Waals surface area contributed by atoms with Crippen LogP contribution in [0.1, 0.15) is 0 Å². The number of halogens is 1. The van der Waals surface area contributed by atoms with Gasteiger partial charge in [-0.1, -0.05) is 11.6 Å². The van der Waals surface area contributed by atoms with E-state index >= 15 is 0 Å². The molecule has 0 aromatic carbocycles. The number of carboxylic acid groups (broad SMARTS) is 1. The first-order valence-electron chi connectivity index (χ1n) is 2.91. The molecule has 1 unspecified atom stereocenters. The topological polar surface area (TPSA) is 98.9 Å². The normalized spacial score (nSPS) is 11.8. The minimum atomic E-state index is -1.26. The number of ether oxygens (including phenoxy) is 2. The summed E-state index contributed by atoms with van der Waals surface area (Å²) in [4.78, 5) is 20.5. The molecular formula is C5H8ClNO5. The molecule has 0 amide bonds. The summed E-state index contributed by atoms with van der Waals surface area (Å²) in [6, 6.07) is -1.59. The quantitative estimate of drug-likeness (QED) is 0.476. The van der Waals surface area contributed by atoms with Gasteiger partial charge >= 0.3 is 12.1 Å². The van der Waals surface area contributed by atoms with Gasteiger partial charge in [0, 0.05) is 0 Å². The van der Waals surface area contributed by atoms with E-state index in [0.29, 0.717) is 0 Å². The summed E-state index contributed by atoms with van der Waals surface area (Å²) in [5.41, 5.74) is 5.00. The second-order valence-electron chi connectivity index (χ2n) is 1.76. The number of carbonyl (C=O) groups excluding carboxylic acids is 1.